The summed E-state index contributed by atoms with van der Waals surface area (Å²) in [6.07, 6.45) is 4.82. The standard InChI is InChI=1S/C24H24FN3O2/c1-17(2)30-21-8-5-6-18(14-21)10-13-24(29)28-20-11-12-23(27-16-20)26-15-19-7-3-4-9-22(19)25/h3-14,16-17H,15H2,1-2H3,(H,26,27)(H,28,29)/b13-10+. The average Bonchev–Trinajstić information content (AvgIpc) is 2.73. The highest BCUT2D eigenvalue weighted by Crippen LogP contribution is 2.16. The molecule has 0 radical (unpaired) electrons. The predicted molar refractivity (Wildman–Crippen MR) is 118 cm³/mol. The van der Waals surface area contributed by atoms with Gasteiger partial charge in [0, 0.05) is 18.2 Å². The van der Waals surface area contributed by atoms with Gasteiger partial charge in [-0.1, -0.05) is 30.3 Å². The van der Waals surface area contributed by atoms with E-state index in [4.69, 9.17) is 4.74 Å². The molecule has 1 heterocycles. The first kappa shape index (κ1) is 21.0. The summed E-state index contributed by atoms with van der Waals surface area (Å²) in [6, 6.07) is 17.6. The molecule has 3 rings (SSSR count). The number of halogens is 1. The monoisotopic (exact) mass is 405 g/mol. The van der Waals surface area contributed by atoms with Gasteiger partial charge in [-0.15, -0.1) is 0 Å². The number of carbonyl (C=O) groups is 1. The van der Waals surface area contributed by atoms with Crippen LogP contribution in [0.3, 0.4) is 0 Å². The molecule has 0 spiro atoms. The van der Waals surface area contributed by atoms with Gasteiger partial charge in [0.05, 0.1) is 18.0 Å². The van der Waals surface area contributed by atoms with Gasteiger partial charge in [-0.3, -0.25) is 4.79 Å². The highest BCUT2D eigenvalue weighted by molar-refractivity contribution is 6.01. The maximum Gasteiger partial charge on any atom is 0.248 e. The molecule has 1 aromatic heterocycles. The third kappa shape index (κ3) is 6.44. The number of nitrogens with one attached hydrogen (secondary N) is 2. The van der Waals surface area contributed by atoms with E-state index in [2.05, 4.69) is 15.6 Å². The highest BCUT2D eigenvalue weighted by Gasteiger charge is 2.03. The lowest BCUT2D eigenvalue weighted by atomic mass is 10.2. The zero-order valence-electron chi connectivity index (χ0n) is 16.9. The molecule has 0 fully saturated rings. The summed E-state index contributed by atoms with van der Waals surface area (Å²) < 4.78 is 19.3. The van der Waals surface area contributed by atoms with Gasteiger partial charge in [-0.05, 0) is 55.8 Å². The van der Waals surface area contributed by atoms with Gasteiger partial charge in [0.15, 0.2) is 0 Å². The Balaban J connectivity index is 1.53. The third-order valence-corrected chi connectivity index (χ3v) is 4.11. The number of hydrogen-bond acceptors (Lipinski definition) is 4. The quantitative estimate of drug-likeness (QED) is 0.501. The van der Waals surface area contributed by atoms with Crippen LogP contribution in [0.2, 0.25) is 0 Å². The molecule has 0 saturated carbocycles. The Morgan fingerprint density at radius 1 is 1.13 bits per heavy atom. The van der Waals surface area contributed by atoms with Gasteiger partial charge < -0.3 is 15.4 Å². The molecule has 5 nitrogen and oxygen atoms in total. The van der Waals surface area contributed by atoms with E-state index in [0.717, 1.165) is 11.3 Å². The fraction of sp³-hybridized carbons (Fsp3) is 0.167. The molecule has 2 aromatic carbocycles. The molecule has 0 unspecified atom stereocenters. The van der Waals surface area contributed by atoms with Crippen molar-refractivity contribution in [3.8, 4) is 5.75 Å². The number of pyridine rings is 1. The lowest BCUT2D eigenvalue weighted by molar-refractivity contribution is -0.111. The smallest absolute Gasteiger partial charge is 0.248 e. The molecule has 0 aliphatic rings. The van der Waals surface area contributed by atoms with Crippen molar-refractivity contribution in [2.45, 2.75) is 26.5 Å². The van der Waals surface area contributed by atoms with E-state index in [0.29, 0.717) is 23.6 Å². The minimum Gasteiger partial charge on any atom is -0.491 e. The summed E-state index contributed by atoms with van der Waals surface area (Å²) in [6.45, 7) is 4.25. The van der Waals surface area contributed by atoms with Crippen molar-refractivity contribution in [2.24, 2.45) is 0 Å². The number of rotatable bonds is 8. The van der Waals surface area contributed by atoms with E-state index in [-0.39, 0.29) is 17.8 Å². The van der Waals surface area contributed by atoms with Gasteiger partial charge in [0.25, 0.3) is 0 Å². The maximum atomic E-state index is 13.7. The van der Waals surface area contributed by atoms with Crippen LogP contribution >= 0.6 is 0 Å². The summed E-state index contributed by atoms with van der Waals surface area (Å²) in [4.78, 5) is 16.4. The van der Waals surface area contributed by atoms with Gasteiger partial charge in [0.1, 0.15) is 17.4 Å². The topological polar surface area (TPSA) is 63.2 Å². The summed E-state index contributed by atoms with van der Waals surface area (Å²) >= 11 is 0. The Hall–Kier alpha value is -3.67. The van der Waals surface area contributed by atoms with Crippen molar-refractivity contribution in [2.75, 3.05) is 10.6 Å². The number of anilines is 2. The number of carbonyl (C=O) groups excluding carboxylic acids is 1. The number of ether oxygens (including phenoxy) is 1. The van der Waals surface area contributed by atoms with E-state index < -0.39 is 0 Å². The zero-order valence-corrected chi connectivity index (χ0v) is 16.9. The normalized spacial score (nSPS) is 10.9. The second-order valence-electron chi connectivity index (χ2n) is 6.94. The Morgan fingerprint density at radius 3 is 2.70 bits per heavy atom. The van der Waals surface area contributed by atoms with Crippen molar-refractivity contribution < 1.29 is 13.9 Å². The fourth-order valence-corrected chi connectivity index (χ4v) is 2.72. The first-order valence-electron chi connectivity index (χ1n) is 9.69. The number of hydrogen-bond donors (Lipinski definition) is 2. The average molecular weight is 405 g/mol. The molecule has 6 heteroatoms. The molecule has 0 aliphatic heterocycles. The van der Waals surface area contributed by atoms with Crippen LogP contribution in [0.1, 0.15) is 25.0 Å². The Morgan fingerprint density at radius 2 is 1.97 bits per heavy atom. The third-order valence-electron chi connectivity index (χ3n) is 4.11. The molecule has 0 bridgehead atoms. The first-order chi connectivity index (χ1) is 14.5. The molecule has 0 atom stereocenters. The molecule has 0 saturated heterocycles. The first-order valence-corrected chi connectivity index (χ1v) is 9.69. The second-order valence-corrected chi connectivity index (χ2v) is 6.94. The molecule has 1 amide bonds. The zero-order chi connectivity index (χ0) is 21.3. The largest absolute Gasteiger partial charge is 0.491 e. The molecule has 30 heavy (non-hydrogen) atoms. The lowest BCUT2D eigenvalue weighted by Gasteiger charge is -2.09. The van der Waals surface area contributed by atoms with Gasteiger partial charge >= 0.3 is 0 Å². The van der Waals surface area contributed by atoms with E-state index in [9.17, 15) is 9.18 Å². The van der Waals surface area contributed by atoms with Crippen LogP contribution in [-0.4, -0.2) is 17.0 Å². The van der Waals surface area contributed by atoms with Crippen LogP contribution in [-0.2, 0) is 11.3 Å². The van der Waals surface area contributed by atoms with Gasteiger partial charge in [-0.2, -0.15) is 0 Å². The van der Waals surface area contributed by atoms with E-state index in [1.807, 2.05) is 38.1 Å². The number of aromatic nitrogens is 1. The van der Waals surface area contributed by atoms with Crippen molar-refractivity contribution >= 4 is 23.5 Å². The summed E-state index contributed by atoms with van der Waals surface area (Å²) in [5.74, 6) is 0.824. The Labute approximate surface area is 175 Å². The summed E-state index contributed by atoms with van der Waals surface area (Å²) in [5, 5.41) is 5.82. The molecular weight excluding hydrogens is 381 g/mol. The molecule has 154 valence electrons. The van der Waals surface area contributed by atoms with Gasteiger partial charge in [-0.25, -0.2) is 9.37 Å². The van der Waals surface area contributed by atoms with Crippen molar-refractivity contribution in [1.82, 2.24) is 4.98 Å². The summed E-state index contributed by atoms with van der Waals surface area (Å²) in [7, 11) is 0. The Bertz CT molecular complexity index is 1020. The van der Waals surface area contributed by atoms with Crippen molar-refractivity contribution in [3.05, 3.63) is 89.9 Å². The predicted octanol–water partition coefficient (Wildman–Crippen LogP) is 5.27. The fourth-order valence-electron chi connectivity index (χ4n) is 2.72. The van der Waals surface area contributed by atoms with E-state index in [1.165, 1.54) is 12.1 Å². The lowest BCUT2D eigenvalue weighted by Crippen LogP contribution is -2.09. The van der Waals surface area contributed by atoms with Crippen LogP contribution in [0, 0.1) is 5.82 Å². The van der Waals surface area contributed by atoms with Crippen LogP contribution in [0.4, 0.5) is 15.9 Å². The van der Waals surface area contributed by atoms with Crippen LogP contribution in [0.15, 0.2) is 72.9 Å². The van der Waals surface area contributed by atoms with Crippen molar-refractivity contribution in [1.29, 1.82) is 0 Å². The number of benzene rings is 2. The van der Waals surface area contributed by atoms with E-state index >= 15 is 0 Å². The van der Waals surface area contributed by atoms with Gasteiger partial charge in [0.2, 0.25) is 5.91 Å². The highest BCUT2D eigenvalue weighted by atomic mass is 19.1. The molecule has 3 aromatic rings. The molecular formula is C24H24FN3O2. The minimum absolute atomic E-state index is 0.0872. The summed E-state index contributed by atoms with van der Waals surface area (Å²) in [5.41, 5.74) is 2.00. The SMILES string of the molecule is CC(C)Oc1cccc(/C=C/C(=O)Nc2ccc(NCc3ccccc3F)nc2)c1. The van der Waals surface area contributed by atoms with Crippen LogP contribution in [0.5, 0.6) is 5.75 Å². The van der Waals surface area contributed by atoms with Crippen LogP contribution < -0.4 is 15.4 Å². The maximum absolute atomic E-state index is 13.7. The molecule has 2 N–H and O–H groups in total. The number of amides is 1. The molecule has 0 aliphatic carbocycles. The minimum atomic E-state index is -0.265. The second kappa shape index (κ2) is 10.2. The van der Waals surface area contributed by atoms with Crippen molar-refractivity contribution in [3.63, 3.8) is 0 Å². The Kier molecular flexibility index (Phi) is 7.16. The number of nitrogens with zero attached hydrogens (tertiary/aromatic N) is 1. The van der Waals surface area contributed by atoms with E-state index in [1.54, 1.807) is 42.6 Å². The van der Waals surface area contributed by atoms with Crippen LogP contribution in [0.25, 0.3) is 6.08 Å².